The highest BCUT2D eigenvalue weighted by Gasteiger charge is 2.28. The Kier molecular flexibility index (Phi) is 5.33. The van der Waals surface area contributed by atoms with Gasteiger partial charge in [0.15, 0.2) is 0 Å². The van der Waals surface area contributed by atoms with Crippen LogP contribution in [0.5, 0.6) is 0 Å². The van der Waals surface area contributed by atoms with E-state index >= 15 is 0 Å². The van der Waals surface area contributed by atoms with Crippen LogP contribution >= 0.6 is 0 Å². The number of H-pyrrole nitrogens is 1. The molecule has 1 aliphatic heterocycles. The largest absolute Gasteiger partial charge is 0.347 e. The summed E-state index contributed by atoms with van der Waals surface area (Å²) in [5.41, 5.74) is 1.68. The van der Waals surface area contributed by atoms with E-state index in [-0.39, 0.29) is 17.6 Å². The van der Waals surface area contributed by atoms with Crippen LogP contribution in [0.2, 0.25) is 0 Å². The number of carbonyl (C=O) groups is 1. The second-order valence-electron chi connectivity index (χ2n) is 7.70. The lowest BCUT2D eigenvalue weighted by Crippen LogP contribution is -2.42. The van der Waals surface area contributed by atoms with Gasteiger partial charge in [-0.15, -0.1) is 0 Å². The third-order valence-electron chi connectivity index (χ3n) is 5.77. The monoisotopic (exact) mass is 394 g/mol. The molecule has 29 heavy (non-hydrogen) atoms. The van der Waals surface area contributed by atoms with Crippen LogP contribution in [-0.2, 0) is 11.2 Å². The van der Waals surface area contributed by atoms with Gasteiger partial charge in [0, 0.05) is 31.9 Å². The lowest BCUT2D eigenvalue weighted by molar-refractivity contribution is -0.136. The number of benzene rings is 1. The standard InChI is InChI=1S/C21H26N6O2/c1-15-6-3-4-7-18(15)27-19(23-24-21(27)29)14-17-8-12-25(13-9-17)20(28)16(2)26-11-5-10-22-26/h3-7,10-11,16-17H,8-9,12-14H2,1-2H3,(H,24,29)/t16-/m1/s1. The molecule has 8 nitrogen and oxygen atoms in total. The van der Waals surface area contributed by atoms with Crippen LogP contribution in [0.3, 0.4) is 0 Å². The number of aryl methyl sites for hydroxylation is 1. The maximum Gasteiger partial charge on any atom is 0.347 e. The molecule has 1 aromatic carbocycles. The molecular weight excluding hydrogens is 368 g/mol. The van der Waals surface area contributed by atoms with Crippen molar-refractivity contribution in [1.82, 2.24) is 29.4 Å². The molecule has 1 N–H and O–H groups in total. The van der Waals surface area contributed by atoms with Gasteiger partial charge in [-0.1, -0.05) is 18.2 Å². The van der Waals surface area contributed by atoms with Crippen LogP contribution in [0.25, 0.3) is 5.69 Å². The SMILES string of the molecule is Cc1ccccc1-n1c(CC2CCN(C(=O)[C@@H](C)n3cccn3)CC2)n[nH]c1=O. The first-order valence-corrected chi connectivity index (χ1v) is 10.0. The predicted molar refractivity (Wildman–Crippen MR) is 109 cm³/mol. The number of hydrogen-bond acceptors (Lipinski definition) is 4. The van der Waals surface area contributed by atoms with Gasteiger partial charge in [-0.05, 0) is 50.3 Å². The highest BCUT2D eigenvalue weighted by molar-refractivity contribution is 5.80. The molecule has 152 valence electrons. The molecule has 0 bridgehead atoms. The van der Waals surface area contributed by atoms with E-state index < -0.39 is 0 Å². The molecule has 1 saturated heterocycles. The number of piperidine rings is 1. The van der Waals surface area contributed by atoms with Gasteiger partial charge in [0.2, 0.25) is 5.91 Å². The number of nitrogens with zero attached hydrogens (tertiary/aromatic N) is 5. The Balaban J connectivity index is 1.42. The molecule has 1 aliphatic rings. The van der Waals surface area contributed by atoms with Gasteiger partial charge in [0.1, 0.15) is 11.9 Å². The highest BCUT2D eigenvalue weighted by atomic mass is 16.2. The molecule has 0 radical (unpaired) electrons. The summed E-state index contributed by atoms with van der Waals surface area (Å²) in [6.45, 7) is 5.30. The second kappa shape index (κ2) is 8.06. The molecule has 1 fully saturated rings. The summed E-state index contributed by atoms with van der Waals surface area (Å²) in [7, 11) is 0. The van der Waals surface area contributed by atoms with Crippen LogP contribution in [0.1, 0.15) is 37.2 Å². The van der Waals surface area contributed by atoms with Crippen LogP contribution < -0.4 is 5.69 Å². The number of likely N-dealkylation sites (tertiary alicyclic amines) is 1. The van der Waals surface area contributed by atoms with E-state index in [1.165, 1.54) is 0 Å². The number of aromatic amines is 1. The van der Waals surface area contributed by atoms with E-state index in [0.29, 0.717) is 25.4 Å². The average molecular weight is 394 g/mol. The molecule has 0 unspecified atom stereocenters. The zero-order chi connectivity index (χ0) is 20.4. The molecule has 4 rings (SSSR count). The van der Waals surface area contributed by atoms with E-state index in [2.05, 4.69) is 15.3 Å². The van der Waals surface area contributed by atoms with Gasteiger partial charge in [-0.25, -0.2) is 14.5 Å². The van der Waals surface area contributed by atoms with Crippen molar-refractivity contribution in [1.29, 1.82) is 0 Å². The van der Waals surface area contributed by atoms with Crippen molar-refractivity contribution >= 4 is 5.91 Å². The number of carbonyl (C=O) groups excluding carboxylic acids is 1. The molecule has 1 atom stereocenters. The van der Waals surface area contributed by atoms with Gasteiger partial charge in [-0.3, -0.25) is 9.48 Å². The quantitative estimate of drug-likeness (QED) is 0.718. The van der Waals surface area contributed by atoms with E-state index in [4.69, 9.17) is 0 Å². The fourth-order valence-corrected chi connectivity index (χ4v) is 4.03. The molecular formula is C21H26N6O2. The maximum atomic E-state index is 12.7. The first-order chi connectivity index (χ1) is 14.0. The minimum atomic E-state index is -0.292. The molecule has 3 aromatic rings. The van der Waals surface area contributed by atoms with Crippen molar-refractivity contribution in [2.24, 2.45) is 5.92 Å². The van der Waals surface area contributed by atoms with Crippen LogP contribution in [0, 0.1) is 12.8 Å². The molecule has 1 amide bonds. The Labute approximate surface area is 169 Å². The molecule has 0 aliphatic carbocycles. The molecule has 0 spiro atoms. The molecule has 0 saturated carbocycles. The smallest absolute Gasteiger partial charge is 0.341 e. The Morgan fingerprint density at radius 1 is 1.24 bits per heavy atom. The fraction of sp³-hybridized carbons (Fsp3) is 0.429. The van der Waals surface area contributed by atoms with E-state index in [9.17, 15) is 9.59 Å². The minimum Gasteiger partial charge on any atom is -0.341 e. The third kappa shape index (κ3) is 3.87. The van der Waals surface area contributed by atoms with Crippen molar-refractivity contribution in [3.05, 3.63) is 64.6 Å². The third-order valence-corrected chi connectivity index (χ3v) is 5.77. The van der Waals surface area contributed by atoms with Crippen molar-refractivity contribution < 1.29 is 4.79 Å². The van der Waals surface area contributed by atoms with Gasteiger partial charge in [0.25, 0.3) is 0 Å². The summed E-state index contributed by atoms with van der Waals surface area (Å²) >= 11 is 0. The zero-order valence-corrected chi connectivity index (χ0v) is 16.8. The zero-order valence-electron chi connectivity index (χ0n) is 16.8. The van der Waals surface area contributed by atoms with Gasteiger partial charge >= 0.3 is 5.69 Å². The number of hydrogen-bond donors (Lipinski definition) is 1. The van der Waals surface area contributed by atoms with Gasteiger partial charge < -0.3 is 4.90 Å². The fourth-order valence-electron chi connectivity index (χ4n) is 4.03. The van der Waals surface area contributed by atoms with E-state index in [0.717, 1.165) is 29.9 Å². The first kappa shape index (κ1) is 19.2. The van der Waals surface area contributed by atoms with Crippen molar-refractivity contribution in [3.63, 3.8) is 0 Å². The first-order valence-electron chi connectivity index (χ1n) is 10.0. The highest BCUT2D eigenvalue weighted by Crippen LogP contribution is 2.24. The Bertz CT molecular complexity index is 1030. The number of para-hydroxylation sites is 1. The number of amides is 1. The van der Waals surface area contributed by atoms with Gasteiger partial charge in [0.05, 0.1) is 5.69 Å². The summed E-state index contributed by atoms with van der Waals surface area (Å²) in [6, 6.07) is 9.35. The number of nitrogens with one attached hydrogen (secondary N) is 1. The summed E-state index contributed by atoms with van der Waals surface area (Å²) in [5.74, 6) is 1.24. The van der Waals surface area contributed by atoms with E-state index in [1.807, 2.05) is 55.3 Å². The van der Waals surface area contributed by atoms with Crippen molar-refractivity contribution in [2.45, 2.75) is 39.2 Å². The van der Waals surface area contributed by atoms with Crippen molar-refractivity contribution in [2.75, 3.05) is 13.1 Å². The van der Waals surface area contributed by atoms with Gasteiger partial charge in [-0.2, -0.15) is 10.2 Å². The lowest BCUT2D eigenvalue weighted by atomic mass is 9.93. The normalized spacial score (nSPS) is 16.1. The Morgan fingerprint density at radius 2 is 2.00 bits per heavy atom. The van der Waals surface area contributed by atoms with Crippen molar-refractivity contribution in [3.8, 4) is 5.69 Å². The van der Waals surface area contributed by atoms with Crippen LogP contribution in [0.4, 0.5) is 0 Å². The Morgan fingerprint density at radius 3 is 2.69 bits per heavy atom. The number of rotatable bonds is 5. The lowest BCUT2D eigenvalue weighted by Gasteiger charge is -2.33. The van der Waals surface area contributed by atoms with Crippen LogP contribution in [0.15, 0.2) is 47.5 Å². The molecule has 3 heterocycles. The predicted octanol–water partition coefficient (Wildman–Crippen LogP) is 2.11. The summed E-state index contributed by atoms with van der Waals surface area (Å²) in [5, 5.41) is 11.0. The number of aromatic nitrogens is 5. The summed E-state index contributed by atoms with van der Waals surface area (Å²) in [4.78, 5) is 27.0. The Hall–Kier alpha value is -3.16. The van der Waals surface area contributed by atoms with E-state index in [1.54, 1.807) is 15.4 Å². The molecule has 8 heteroatoms. The topological polar surface area (TPSA) is 88.8 Å². The summed E-state index contributed by atoms with van der Waals surface area (Å²) < 4.78 is 3.37. The van der Waals surface area contributed by atoms with Crippen LogP contribution in [-0.4, -0.2) is 48.4 Å². The second-order valence-corrected chi connectivity index (χ2v) is 7.70. The molecule has 2 aromatic heterocycles. The maximum absolute atomic E-state index is 12.7. The minimum absolute atomic E-state index is 0.101. The summed E-state index contributed by atoms with van der Waals surface area (Å²) in [6.07, 6.45) is 6.01. The average Bonchev–Trinajstić information content (AvgIpc) is 3.39.